The van der Waals surface area contributed by atoms with Crippen molar-refractivity contribution in [3.8, 4) is 11.5 Å². The molecule has 2 rings (SSSR count). The smallest absolute Gasteiger partial charge is 0.338 e. The van der Waals surface area contributed by atoms with E-state index in [1.54, 1.807) is 24.3 Å². The molecule has 21 heavy (non-hydrogen) atoms. The molecule has 0 saturated carbocycles. The van der Waals surface area contributed by atoms with E-state index in [1.165, 1.54) is 12.1 Å². The number of ether oxygens (including phenoxy) is 2. The largest absolute Gasteiger partial charge is 0.494 e. The zero-order valence-corrected chi connectivity index (χ0v) is 11.5. The SMILES string of the molecule is CCOc1ccc(OCc2ccc(C(=O)O)c(F)c2)cc1. The first-order valence-electron chi connectivity index (χ1n) is 6.47. The van der Waals surface area contributed by atoms with E-state index < -0.39 is 11.8 Å². The summed E-state index contributed by atoms with van der Waals surface area (Å²) in [5.41, 5.74) is 0.214. The van der Waals surface area contributed by atoms with Crippen molar-refractivity contribution in [1.29, 1.82) is 0 Å². The number of aromatic carboxylic acids is 1. The number of carboxylic acid groups (broad SMARTS) is 1. The summed E-state index contributed by atoms with van der Waals surface area (Å²) in [6, 6.07) is 11.0. The maximum absolute atomic E-state index is 13.5. The highest BCUT2D eigenvalue weighted by molar-refractivity contribution is 5.87. The molecule has 2 aromatic rings. The first kappa shape index (κ1) is 14.8. The number of rotatable bonds is 6. The van der Waals surface area contributed by atoms with Gasteiger partial charge in [-0.1, -0.05) is 6.07 Å². The lowest BCUT2D eigenvalue weighted by molar-refractivity contribution is 0.0692. The van der Waals surface area contributed by atoms with Crippen molar-refractivity contribution in [1.82, 2.24) is 0 Å². The molecule has 0 amide bonds. The van der Waals surface area contributed by atoms with Crippen molar-refractivity contribution in [3.05, 3.63) is 59.4 Å². The monoisotopic (exact) mass is 290 g/mol. The first-order valence-corrected chi connectivity index (χ1v) is 6.47. The van der Waals surface area contributed by atoms with E-state index in [2.05, 4.69) is 0 Å². The lowest BCUT2D eigenvalue weighted by Crippen LogP contribution is -2.03. The Hall–Kier alpha value is -2.56. The summed E-state index contributed by atoms with van der Waals surface area (Å²) in [5.74, 6) is -0.676. The van der Waals surface area contributed by atoms with Gasteiger partial charge in [0.1, 0.15) is 23.9 Å². The maximum Gasteiger partial charge on any atom is 0.338 e. The zero-order valence-electron chi connectivity index (χ0n) is 11.5. The van der Waals surface area contributed by atoms with E-state index in [-0.39, 0.29) is 12.2 Å². The van der Waals surface area contributed by atoms with E-state index in [4.69, 9.17) is 14.6 Å². The molecule has 0 radical (unpaired) electrons. The van der Waals surface area contributed by atoms with Crippen LogP contribution in [0.15, 0.2) is 42.5 Å². The molecule has 5 heteroatoms. The molecule has 0 aliphatic heterocycles. The van der Waals surface area contributed by atoms with Gasteiger partial charge in [-0.3, -0.25) is 0 Å². The van der Waals surface area contributed by atoms with Gasteiger partial charge in [0, 0.05) is 0 Å². The van der Waals surface area contributed by atoms with Crippen LogP contribution in [0.3, 0.4) is 0 Å². The van der Waals surface area contributed by atoms with E-state index in [0.717, 1.165) is 11.8 Å². The highest BCUT2D eigenvalue weighted by Crippen LogP contribution is 2.19. The van der Waals surface area contributed by atoms with Crippen LogP contribution in [-0.4, -0.2) is 17.7 Å². The van der Waals surface area contributed by atoms with Crippen LogP contribution in [0, 0.1) is 5.82 Å². The summed E-state index contributed by atoms with van der Waals surface area (Å²) in [7, 11) is 0. The van der Waals surface area contributed by atoms with E-state index in [0.29, 0.717) is 17.9 Å². The van der Waals surface area contributed by atoms with Gasteiger partial charge in [0.25, 0.3) is 0 Å². The number of carbonyl (C=O) groups is 1. The Morgan fingerprint density at radius 2 is 1.71 bits per heavy atom. The predicted octanol–water partition coefficient (Wildman–Crippen LogP) is 3.50. The van der Waals surface area contributed by atoms with Crippen LogP contribution in [0.25, 0.3) is 0 Å². The third-order valence-corrected chi connectivity index (χ3v) is 2.80. The van der Waals surface area contributed by atoms with Crippen molar-refractivity contribution in [2.45, 2.75) is 13.5 Å². The summed E-state index contributed by atoms with van der Waals surface area (Å²) in [6.07, 6.45) is 0. The lowest BCUT2D eigenvalue weighted by atomic mass is 10.1. The minimum Gasteiger partial charge on any atom is -0.494 e. The van der Waals surface area contributed by atoms with Gasteiger partial charge in [-0.25, -0.2) is 9.18 Å². The topological polar surface area (TPSA) is 55.8 Å². The Morgan fingerprint density at radius 3 is 2.24 bits per heavy atom. The molecule has 4 nitrogen and oxygen atoms in total. The van der Waals surface area contributed by atoms with Gasteiger partial charge >= 0.3 is 5.97 Å². The number of benzene rings is 2. The minimum atomic E-state index is -1.29. The summed E-state index contributed by atoms with van der Waals surface area (Å²) in [6.45, 7) is 2.65. The van der Waals surface area contributed by atoms with Crippen LogP contribution in [0.5, 0.6) is 11.5 Å². The van der Waals surface area contributed by atoms with E-state index in [1.807, 2.05) is 6.92 Å². The van der Waals surface area contributed by atoms with Gasteiger partial charge in [0.05, 0.1) is 12.2 Å². The fraction of sp³-hybridized carbons (Fsp3) is 0.188. The normalized spacial score (nSPS) is 10.2. The van der Waals surface area contributed by atoms with Crippen molar-refractivity contribution >= 4 is 5.97 Å². The fourth-order valence-corrected chi connectivity index (χ4v) is 1.79. The number of carboxylic acids is 1. The van der Waals surface area contributed by atoms with Crippen LogP contribution in [0.2, 0.25) is 0 Å². The Bertz CT molecular complexity index is 623. The molecule has 0 bridgehead atoms. The van der Waals surface area contributed by atoms with Crippen LogP contribution >= 0.6 is 0 Å². The van der Waals surface area contributed by atoms with E-state index in [9.17, 15) is 9.18 Å². The van der Waals surface area contributed by atoms with Gasteiger partial charge in [-0.05, 0) is 48.9 Å². The molecule has 0 aliphatic carbocycles. The minimum absolute atomic E-state index is 0.158. The van der Waals surface area contributed by atoms with Gasteiger partial charge in [-0.15, -0.1) is 0 Å². The average Bonchev–Trinajstić information content (AvgIpc) is 2.46. The molecular formula is C16H15FO4. The standard InChI is InChI=1S/C16H15FO4/c1-2-20-12-4-6-13(7-5-12)21-10-11-3-8-14(16(18)19)15(17)9-11/h3-9H,2,10H2,1H3,(H,18,19). The first-order chi connectivity index (χ1) is 10.1. The summed E-state index contributed by atoms with van der Waals surface area (Å²) >= 11 is 0. The third kappa shape index (κ3) is 3.95. The molecule has 0 heterocycles. The van der Waals surface area contributed by atoms with Crippen molar-refractivity contribution in [2.75, 3.05) is 6.61 Å². The molecule has 110 valence electrons. The molecule has 0 unspecified atom stereocenters. The second kappa shape index (κ2) is 6.74. The highest BCUT2D eigenvalue weighted by atomic mass is 19.1. The Balaban J connectivity index is 1.99. The Morgan fingerprint density at radius 1 is 1.10 bits per heavy atom. The molecule has 0 spiro atoms. The zero-order chi connectivity index (χ0) is 15.2. The number of halogens is 1. The molecule has 2 aromatic carbocycles. The maximum atomic E-state index is 13.5. The van der Waals surface area contributed by atoms with Gasteiger partial charge < -0.3 is 14.6 Å². The second-order valence-electron chi connectivity index (χ2n) is 4.31. The van der Waals surface area contributed by atoms with Crippen LogP contribution in [0.4, 0.5) is 4.39 Å². The quantitative estimate of drug-likeness (QED) is 0.884. The Kier molecular flexibility index (Phi) is 4.77. The summed E-state index contributed by atoms with van der Waals surface area (Å²) in [5, 5.41) is 8.75. The molecule has 0 saturated heterocycles. The van der Waals surface area contributed by atoms with Crippen molar-refractivity contribution < 1.29 is 23.8 Å². The molecule has 1 N–H and O–H groups in total. The van der Waals surface area contributed by atoms with Crippen LogP contribution in [-0.2, 0) is 6.61 Å². The van der Waals surface area contributed by atoms with Gasteiger partial charge in [-0.2, -0.15) is 0 Å². The molecule has 0 fully saturated rings. The fourth-order valence-electron chi connectivity index (χ4n) is 1.79. The second-order valence-corrected chi connectivity index (χ2v) is 4.31. The van der Waals surface area contributed by atoms with Gasteiger partial charge in [0.2, 0.25) is 0 Å². The molecule has 0 aromatic heterocycles. The van der Waals surface area contributed by atoms with Gasteiger partial charge in [0.15, 0.2) is 0 Å². The molecule has 0 atom stereocenters. The van der Waals surface area contributed by atoms with Crippen LogP contribution in [0.1, 0.15) is 22.8 Å². The third-order valence-electron chi connectivity index (χ3n) is 2.80. The van der Waals surface area contributed by atoms with E-state index >= 15 is 0 Å². The predicted molar refractivity (Wildman–Crippen MR) is 75.3 cm³/mol. The van der Waals surface area contributed by atoms with Crippen molar-refractivity contribution in [2.24, 2.45) is 0 Å². The molecule has 0 aliphatic rings. The highest BCUT2D eigenvalue weighted by Gasteiger charge is 2.10. The lowest BCUT2D eigenvalue weighted by Gasteiger charge is -2.08. The van der Waals surface area contributed by atoms with Crippen molar-refractivity contribution in [3.63, 3.8) is 0 Å². The Labute approximate surface area is 121 Å². The average molecular weight is 290 g/mol. The van der Waals surface area contributed by atoms with Crippen LogP contribution < -0.4 is 9.47 Å². The molecular weight excluding hydrogens is 275 g/mol. The summed E-state index contributed by atoms with van der Waals surface area (Å²) in [4.78, 5) is 10.7. The number of hydrogen-bond acceptors (Lipinski definition) is 3. The summed E-state index contributed by atoms with van der Waals surface area (Å²) < 4.78 is 24.3. The number of hydrogen-bond donors (Lipinski definition) is 1.